The highest BCUT2D eigenvalue weighted by atomic mass is 35.5. The van der Waals surface area contributed by atoms with Crippen LogP contribution in [0.3, 0.4) is 0 Å². The molecule has 3 rings (SSSR count). The van der Waals surface area contributed by atoms with E-state index in [9.17, 15) is 14.4 Å². The summed E-state index contributed by atoms with van der Waals surface area (Å²) >= 11 is 6.71. The Morgan fingerprint density at radius 1 is 1.08 bits per heavy atom. The van der Waals surface area contributed by atoms with Crippen LogP contribution in [-0.2, 0) is 9.59 Å². The molecule has 3 amide bonds. The molecule has 0 saturated carbocycles. The third-order valence-electron chi connectivity index (χ3n) is 3.66. The van der Waals surface area contributed by atoms with E-state index in [4.69, 9.17) is 11.6 Å². The highest BCUT2D eigenvalue weighted by molar-refractivity contribution is 8.18. The standard InChI is InChI=1S/C19H15ClN2O3S/c20-14-8-6-13(7-9-14)12-16-18(24)22(19(25)26-16)11-10-17(23)21-15-4-2-1-3-5-15/h1-9,12H,10-11H2,(H,21,23). The first-order valence-corrected chi connectivity index (χ1v) is 9.08. The van der Waals surface area contributed by atoms with Crippen molar-refractivity contribution in [3.63, 3.8) is 0 Å². The van der Waals surface area contributed by atoms with Crippen molar-refractivity contribution in [2.75, 3.05) is 11.9 Å². The molecule has 2 aromatic carbocycles. The van der Waals surface area contributed by atoms with Crippen LogP contribution in [0, 0.1) is 0 Å². The minimum atomic E-state index is -0.387. The summed E-state index contributed by atoms with van der Waals surface area (Å²) < 4.78 is 0. The van der Waals surface area contributed by atoms with E-state index in [2.05, 4.69) is 5.32 Å². The highest BCUT2D eigenvalue weighted by Crippen LogP contribution is 2.32. The second-order valence-corrected chi connectivity index (χ2v) is 6.98. The first kappa shape index (κ1) is 18.2. The Bertz CT molecular complexity index is 866. The SMILES string of the molecule is O=C(CCN1C(=O)SC(=Cc2ccc(Cl)cc2)C1=O)Nc1ccccc1. The lowest BCUT2D eigenvalue weighted by Gasteiger charge is -2.12. The maximum Gasteiger partial charge on any atom is 0.293 e. The summed E-state index contributed by atoms with van der Waals surface area (Å²) in [4.78, 5) is 37.9. The van der Waals surface area contributed by atoms with Crippen LogP contribution in [0.4, 0.5) is 10.5 Å². The predicted molar refractivity (Wildman–Crippen MR) is 104 cm³/mol. The van der Waals surface area contributed by atoms with Gasteiger partial charge in [-0.2, -0.15) is 0 Å². The van der Waals surface area contributed by atoms with E-state index in [0.717, 1.165) is 22.2 Å². The molecule has 132 valence electrons. The van der Waals surface area contributed by atoms with E-state index < -0.39 is 0 Å². The van der Waals surface area contributed by atoms with E-state index in [1.807, 2.05) is 18.2 Å². The van der Waals surface area contributed by atoms with Crippen molar-refractivity contribution in [3.8, 4) is 0 Å². The van der Waals surface area contributed by atoms with E-state index in [1.54, 1.807) is 42.5 Å². The maximum atomic E-state index is 12.4. The van der Waals surface area contributed by atoms with Gasteiger partial charge in [0.15, 0.2) is 0 Å². The van der Waals surface area contributed by atoms with Crippen LogP contribution < -0.4 is 5.32 Å². The third kappa shape index (κ3) is 4.53. The topological polar surface area (TPSA) is 66.5 Å². The molecule has 1 N–H and O–H groups in total. The van der Waals surface area contributed by atoms with Gasteiger partial charge in [0.1, 0.15) is 0 Å². The quantitative estimate of drug-likeness (QED) is 0.773. The molecule has 0 unspecified atom stereocenters. The largest absolute Gasteiger partial charge is 0.326 e. The minimum Gasteiger partial charge on any atom is -0.326 e. The molecule has 1 aliphatic heterocycles. The van der Waals surface area contributed by atoms with Crippen LogP contribution >= 0.6 is 23.4 Å². The van der Waals surface area contributed by atoms with Gasteiger partial charge in [-0.05, 0) is 47.7 Å². The van der Waals surface area contributed by atoms with Gasteiger partial charge in [0, 0.05) is 23.7 Å². The number of anilines is 1. The number of nitrogens with zero attached hydrogens (tertiary/aromatic N) is 1. The summed E-state index contributed by atoms with van der Waals surface area (Å²) in [7, 11) is 0. The summed E-state index contributed by atoms with van der Waals surface area (Å²) in [5.74, 6) is -0.639. The summed E-state index contributed by atoms with van der Waals surface area (Å²) in [6, 6.07) is 16.0. The van der Waals surface area contributed by atoms with Crippen molar-refractivity contribution in [1.29, 1.82) is 0 Å². The second kappa shape index (κ2) is 8.21. The number of hydrogen-bond donors (Lipinski definition) is 1. The lowest BCUT2D eigenvalue weighted by molar-refractivity contribution is -0.123. The summed E-state index contributed by atoms with van der Waals surface area (Å²) in [5, 5.41) is 2.95. The van der Waals surface area contributed by atoms with Crippen molar-refractivity contribution in [3.05, 3.63) is 70.1 Å². The van der Waals surface area contributed by atoms with Crippen molar-refractivity contribution >= 4 is 52.2 Å². The zero-order valence-electron chi connectivity index (χ0n) is 13.6. The number of imide groups is 1. The molecular formula is C19H15ClN2O3S. The summed E-state index contributed by atoms with van der Waals surface area (Å²) in [5.41, 5.74) is 1.45. The third-order valence-corrected chi connectivity index (χ3v) is 4.82. The molecule has 0 spiro atoms. The fourth-order valence-electron chi connectivity index (χ4n) is 2.36. The monoisotopic (exact) mass is 386 g/mol. The predicted octanol–water partition coefficient (Wildman–Crippen LogP) is 4.41. The zero-order chi connectivity index (χ0) is 18.5. The molecule has 0 atom stereocenters. The molecule has 0 radical (unpaired) electrons. The van der Waals surface area contributed by atoms with Gasteiger partial charge in [0.05, 0.1) is 4.91 Å². The Morgan fingerprint density at radius 2 is 1.77 bits per heavy atom. The molecule has 1 fully saturated rings. The molecular weight excluding hydrogens is 372 g/mol. The first-order chi connectivity index (χ1) is 12.5. The average Bonchev–Trinajstić information content (AvgIpc) is 2.89. The van der Waals surface area contributed by atoms with Crippen LogP contribution in [0.2, 0.25) is 5.02 Å². The molecule has 1 saturated heterocycles. The smallest absolute Gasteiger partial charge is 0.293 e. The van der Waals surface area contributed by atoms with E-state index in [-0.39, 0.29) is 30.0 Å². The molecule has 0 aromatic heterocycles. The van der Waals surface area contributed by atoms with Gasteiger partial charge in [-0.1, -0.05) is 41.9 Å². The maximum absolute atomic E-state index is 12.4. The number of hydrogen-bond acceptors (Lipinski definition) is 4. The van der Waals surface area contributed by atoms with Crippen LogP contribution in [0.5, 0.6) is 0 Å². The number of amides is 3. The van der Waals surface area contributed by atoms with E-state index >= 15 is 0 Å². The van der Waals surface area contributed by atoms with Crippen LogP contribution in [0.1, 0.15) is 12.0 Å². The number of nitrogens with one attached hydrogen (secondary N) is 1. The van der Waals surface area contributed by atoms with Crippen molar-refractivity contribution in [1.82, 2.24) is 4.90 Å². The number of carbonyl (C=O) groups is 3. The number of halogens is 1. The van der Waals surface area contributed by atoms with E-state index in [0.29, 0.717) is 15.6 Å². The Morgan fingerprint density at radius 3 is 2.46 bits per heavy atom. The molecule has 1 heterocycles. The van der Waals surface area contributed by atoms with Gasteiger partial charge in [-0.25, -0.2) is 0 Å². The number of para-hydroxylation sites is 1. The van der Waals surface area contributed by atoms with Gasteiger partial charge in [0.25, 0.3) is 11.1 Å². The summed E-state index contributed by atoms with van der Waals surface area (Å²) in [6.45, 7) is 0.0429. The van der Waals surface area contributed by atoms with Gasteiger partial charge in [0.2, 0.25) is 5.91 Å². The molecule has 2 aromatic rings. The van der Waals surface area contributed by atoms with Crippen LogP contribution in [-0.4, -0.2) is 28.5 Å². The van der Waals surface area contributed by atoms with Gasteiger partial charge < -0.3 is 5.32 Å². The fraction of sp³-hybridized carbons (Fsp3) is 0.105. The van der Waals surface area contributed by atoms with Gasteiger partial charge >= 0.3 is 0 Å². The summed E-state index contributed by atoms with van der Waals surface area (Å²) in [6.07, 6.45) is 1.69. The highest BCUT2D eigenvalue weighted by Gasteiger charge is 2.34. The lowest BCUT2D eigenvalue weighted by atomic mass is 10.2. The van der Waals surface area contributed by atoms with Crippen LogP contribution in [0.25, 0.3) is 6.08 Å². The zero-order valence-corrected chi connectivity index (χ0v) is 15.2. The Kier molecular flexibility index (Phi) is 5.75. The molecule has 7 heteroatoms. The molecule has 5 nitrogen and oxygen atoms in total. The fourth-order valence-corrected chi connectivity index (χ4v) is 3.35. The van der Waals surface area contributed by atoms with Gasteiger partial charge in [-0.3, -0.25) is 19.3 Å². The number of rotatable bonds is 5. The van der Waals surface area contributed by atoms with Gasteiger partial charge in [-0.15, -0.1) is 0 Å². The Labute approximate surface area is 160 Å². The molecule has 0 bridgehead atoms. The molecule has 26 heavy (non-hydrogen) atoms. The first-order valence-electron chi connectivity index (χ1n) is 7.89. The average molecular weight is 387 g/mol. The normalized spacial score (nSPS) is 15.6. The number of thioether (sulfide) groups is 1. The van der Waals surface area contributed by atoms with Crippen molar-refractivity contribution in [2.24, 2.45) is 0 Å². The Balaban J connectivity index is 1.60. The second-order valence-electron chi connectivity index (χ2n) is 5.55. The number of carbonyl (C=O) groups excluding carboxylic acids is 3. The minimum absolute atomic E-state index is 0.0428. The van der Waals surface area contributed by atoms with Crippen molar-refractivity contribution in [2.45, 2.75) is 6.42 Å². The molecule has 1 aliphatic rings. The van der Waals surface area contributed by atoms with E-state index in [1.165, 1.54) is 0 Å². The molecule has 0 aliphatic carbocycles. The number of benzene rings is 2. The van der Waals surface area contributed by atoms with Crippen molar-refractivity contribution < 1.29 is 14.4 Å². The van der Waals surface area contributed by atoms with Crippen LogP contribution in [0.15, 0.2) is 59.5 Å². The Hall–Kier alpha value is -2.57. The lowest BCUT2D eigenvalue weighted by Crippen LogP contribution is -2.31.